The van der Waals surface area contributed by atoms with Crippen molar-refractivity contribution in [2.24, 2.45) is 0 Å². The van der Waals surface area contributed by atoms with E-state index < -0.39 is 0 Å². The van der Waals surface area contributed by atoms with Crippen LogP contribution in [0.1, 0.15) is 24.2 Å². The van der Waals surface area contributed by atoms with Crippen LogP contribution < -0.4 is 10.4 Å². The van der Waals surface area contributed by atoms with Gasteiger partial charge in [-0.05, 0) is 55.8 Å². The van der Waals surface area contributed by atoms with Crippen molar-refractivity contribution in [3.8, 4) is 11.4 Å². The minimum Gasteiger partial charge on any atom is -0.497 e. The smallest absolute Gasteiger partial charge is 0.336 e. The average molecular weight is 449 g/mol. The highest BCUT2D eigenvalue weighted by Crippen LogP contribution is 2.30. The van der Waals surface area contributed by atoms with Crippen LogP contribution in [0, 0.1) is 0 Å². The second-order valence-electron chi connectivity index (χ2n) is 7.79. The zero-order valence-electron chi connectivity index (χ0n) is 17.9. The molecule has 32 heavy (non-hydrogen) atoms. The third-order valence-electron chi connectivity index (χ3n) is 5.67. The summed E-state index contributed by atoms with van der Waals surface area (Å²) in [7, 11) is 1.59. The van der Waals surface area contributed by atoms with Gasteiger partial charge in [0.1, 0.15) is 11.3 Å². The van der Waals surface area contributed by atoms with Gasteiger partial charge < -0.3 is 9.15 Å². The molecule has 0 amide bonds. The molecule has 8 heteroatoms. The molecule has 0 radical (unpaired) electrons. The van der Waals surface area contributed by atoms with Gasteiger partial charge in [0, 0.05) is 29.0 Å². The predicted octanol–water partition coefficient (Wildman–Crippen LogP) is 4.27. The molecule has 164 valence electrons. The van der Waals surface area contributed by atoms with Crippen molar-refractivity contribution in [2.75, 3.05) is 20.2 Å². The van der Waals surface area contributed by atoms with Crippen LogP contribution in [-0.2, 0) is 12.3 Å². The standard InChI is InChI=1S/C24H24N4O3S/c1-30-19-9-10-20-17(13-23(29)31-21(20)14-19)16-32-24-26-25-22(15-27-11-5-6-12-27)28(24)18-7-3-2-4-8-18/h2-4,7-10,13-14H,5-6,11-12,15-16H2,1H3. The lowest BCUT2D eigenvalue weighted by Crippen LogP contribution is -2.21. The highest BCUT2D eigenvalue weighted by atomic mass is 32.2. The topological polar surface area (TPSA) is 73.4 Å². The lowest BCUT2D eigenvalue weighted by atomic mass is 10.1. The van der Waals surface area contributed by atoms with Crippen molar-refractivity contribution in [1.29, 1.82) is 0 Å². The molecule has 0 aliphatic carbocycles. The summed E-state index contributed by atoms with van der Waals surface area (Å²) in [4.78, 5) is 14.6. The molecule has 2 aromatic carbocycles. The van der Waals surface area contributed by atoms with Crippen LogP contribution in [0.15, 0.2) is 69.0 Å². The quantitative estimate of drug-likeness (QED) is 0.309. The normalized spacial score (nSPS) is 14.3. The van der Waals surface area contributed by atoms with E-state index >= 15 is 0 Å². The van der Waals surface area contributed by atoms with E-state index in [1.807, 2.05) is 30.3 Å². The Hall–Kier alpha value is -3.10. The van der Waals surface area contributed by atoms with E-state index in [2.05, 4.69) is 31.8 Å². The molecule has 0 spiro atoms. The third kappa shape index (κ3) is 4.28. The van der Waals surface area contributed by atoms with Crippen LogP contribution in [-0.4, -0.2) is 39.9 Å². The number of fused-ring (bicyclic) bond motifs is 1. The van der Waals surface area contributed by atoms with Crippen LogP contribution in [0.25, 0.3) is 16.7 Å². The Kier molecular flexibility index (Phi) is 5.96. The Morgan fingerprint density at radius 2 is 1.88 bits per heavy atom. The van der Waals surface area contributed by atoms with Crippen LogP contribution in [0.5, 0.6) is 5.75 Å². The summed E-state index contributed by atoms with van der Waals surface area (Å²) in [5.74, 6) is 2.16. The van der Waals surface area contributed by atoms with Gasteiger partial charge in [-0.25, -0.2) is 4.79 Å². The Labute approximate surface area is 190 Å². The van der Waals surface area contributed by atoms with Gasteiger partial charge in [0.15, 0.2) is 11.0 Å². The Morgan fingerprint density at radius 1 is 1.06 bits per heavy atom. The molecule has 2 aromatic heterocycles. The Morgan fingerprint density at radius 3 is 2.66 bits per heavy atom. The number of ether oxygens (including phenoxy) is 1. The summed E-state index contributed by atoms with van der Waals surface area (Å²) >= 11 is 1.57. The number of thioether (sulfide) groups is 1. The minimum absolute atomic E-state index is 0.374. The van der Waals surface area contributed by atoms with Crippen LogP contribution in [0.3, 0.4) is 0 Å². The first-order valence-corrected chi connectivity index (χ1v) is 11.7. The number of benzene rings is 2. The van der Waals surface area contributed by atoms with E-state index in [1.54, 1.807) is 31.0 Å². The number of methoxy groups -OCH3 is 1. The van der Waals surface area contributed by atoms with Gasteiger partial charge in [-0.1, -0.05) is 30.0 Å². The van der Waals surface area contributed by atoms with E-state index in [0.717, 1.165) is 47.3 Å². The fourth-order valence-corrected chi connectivity index (χ4v) is 5.03. The maximum Gasteiger partial charge on any atom is 0.336 e. The van der Waals surface area contributed by atoms with Crippen LogP contribution in [0.2, 0.25) is 0 Å². The van der Waals surface area contributed by atoms with Crippen molar-refractivity contribution in [3.63, 3.8) is 0 Å². The van der Waals surface area contributed by atoms with Crippen molar-refractivity contribution in [1.82, 2.24) is 19.7 Å². The van der Waals surface area contributed by atoms with Gasteiger partial charge in [0.25, 0.3) is 0 Å². The molecule has 0 N–H and O–H groups in total. The van der Waals surface area contributed by atoms with Crippen molar-refractivity contribution in [2.45, 2.75) is 30.3 Å². The van der Waals surface area contributed by atoms with E-state index in [4.69, 9.17) is 9.15 Å². The summed E-state index contributed by atoms with van der Waals surface area (Å²) in [5.41, 5.74) is 2.08. The molecule has 0 bridgehead atoms. The average Bonchev–Trinajstić information content (AvgIpc) is 3.47. The number of para-hydroxylation sites is 1. The highest BCUT2D eigenvalue weighted by Gasteiger charge is 2.20. The van der Waals surface area contributed by atoms with Gasteiger partial charge in [-0.2, -0.15) is 0 Å². The fraction of sp³-hybridized carbons (Fsp3) is 0.292. The third-order valence-corrected chi connectivity index (χ3v) is 6.65. The SMILES string of the molecule is COc1ccc2c(CSc3nnc(CN4CCCC4)n3-c3ccccc3)cc(=O)oc2c1. The second kappa shape index (κ2) is 9.18. The van der Waals surface area contributed by atoms with Gasteiger partial charge in [0.05, 0.1) is 13.7 Å². The molecule has 1 aliphatic heterocycles. The van der Waals surface area contributed by atoms with Gasteiger partial charge >= 0.3 is 5.63 Å². The molecule has 0 unspecified atom stereocenters. The summed E-state index contributed by atoms with van der Waals surface area (Å²) in [6.45, 7) is 2.97. The van der Waals surface area contributed by atoms with Gasteiger partial charge in [-0.3, -0.25) is 9.47 Å². The highest BCUT2D eigenvalue weighted by molar-refractivity contribution is 7.98. The first-order chi connectivity index (χ1) is 15.7. The zero-order valence-corrected chi connectivity index (χ0v) is 18.7. The van der Waals surface area contributed by atoms with E-state index in [9.17, 15) is 4.79 Å². The molecule has 1 saturated heterocycles. The number of likely N-dealkylation sites (tertiary alicyclic amines) is 1. The van der Waals surface area contributed by atoms with Crippen LogP contribution >= 0.6 is 11.8 Å². The molecule has 5 rings (SSSR count). The number of aromatic nitrogens is 3. The first-order valence-electron chi connectivity index (χ1n) is 10.7. The van der Waals surface area contributed by atoms with Crippen molar-refractivity contribution in [3.05, 3.63) is 76.4 Å². The largest absolute Gasteiger partial charge is 0.497 e. The number of hydrogen-bond acceptors (Lipinski definition) is 7. The molecule has 1 aliphatic rings. The molecule has 3 heterocycles. The zero-order chi connectivity index (χ0) is 21.9. The summed E-state index contributed by atoms with van der Waals surface area (Å²) in [6.07, 6.45) is 2.46. The molecule has 1 fully saturated rings. The van der Waals surface area contributed by atoms with Crippen LogP contribution in [0.4, 0.5) is 0 Å². The van der Waals surface area contributed by atoms with Crippen molar-refractivity contribution >= 4 is 22.7 Å². The summed E-state index contributed by atoms with van der Waals surface area (Å²) in [5, 5.41) is 10.7. The number of rotatable bonds is 7. The molecule has 7 nitrogen and oxygen atoms in total. The molecular formula is C24H24N4O3S. The summed E-state index contributed by atoms with van der Waals surface area (Å²) in [6, 6.07) is 17.3. The van der Waals surface area contributed by atoms with E-state index in [0.29, 0.717) is 17.1 Å². The number of nitrogens with zero attached hydrogens (tertiary/aromatic N) is 4. The lowest BCUT2D eigenvalue weighted by Gasteiger charge is -2.16. The molecular weight excluding hydrogens is 424 g/mol. The Bertz CT molecular complexity index is 1280. The fourth-order valence-electron chi connectivity index (χ4n) is 4.07. The first kappa shape index (κ1) is 20.8. The lowest BCUT2D eigenvalue weighted by molar-refractivity contribution is 0.319. The number of hydrogen-bond donors (Lipinski definition) is 0. The Balaban J connectivity index is 1.47. The second-order valence-corrected chi connectivity index (χ2v) is 8.74. The maximum atomic E-state index is 12.1. The summed E-state index contributed by atoms with van der Waals surface area (Å²) < 4.78 is 12.8. The van der Waals surface area contributed by atoms with Crippen molar-refractivity contribution < 1.29 is 9.15 Å². The van der Waals surface area contributed by atoms with E-state index in [-0.39, 0.29) is 5.63 Å². The van der Waals surface area contributed by atoms with Gasteiger partial charge in [-0.15, -0.1) is 10.2 Å². The molecule has 4 aromatic rings. The maximum absolute atomic E-state index is 12.1. The minimum atomic E-state index is -0.374. The molecule has 0 saturated carbocycles. The predicted molar refractivity (Wildman–Crippen MR) is 124 cm³/mol. The monoisotopic (exact) mass is 448 g/mol. The molecule has 0 atom stereocenters. The van der Waals surface area contributed by atoms with Gasteiger partial charge in [0.2, 0.25) is 0 Å². The van der Waals surface area contributed by atoms with E-state index in [1.165, 1.54) is 12.8 Å².